The Morgan fingerprint density at radius 1 is 1.15 bits per heavy atom. The number of hydrogen-bond acceptors (Lipinski definition) is 8. The third-order valence-corrected chi connectivity index (χ3v) is 6.30. The molecule has 9 heteroatoms. The predicted molar refractivity (Wildman–Crippen MR) is 128 cm³/mol. The third-order valence-electron chi connectivity index (χ3n) is 6.30. The van der Waals surface area contributed by atoms with Gasteiger partial charge in [0.25, 0.3) is 5.91 Å². The maximum atomic E-state index is 13.6. The van der Waals surface area contributed by atoms with Gasteiger partial charge in [0.1, 0.15) is 5.75 Å². The molecule has 2 aromatic carbocycles. The van der Waals surface area contributed by atoms with Crippen LogP contribution in [0.2, 0.25) is 0 Å². The molecule has 0 aliphatic carbocycles. The van der Waals surface area contributed by atoms with E-state index in [1.165, 1.54) is 0 Å². The Kier molecular flexibility index (Phi) is 6.04. The van der Waals surface area contributed by atoms with Gasteiger partial charge in [-0.2, -0.15) is 0 Å². The zero-order valence-corrected chi connectivity index (χ0v) is 19.3. The maximum Gasteiger partial charge on any atom is 0.258 e. The standard InChI is InChI=1S/C25H28N6O3/c1-17-27-28-24(34-17)19-4-3-5-21(14-19)30-16-22(15-26-30)31(20-10-12-29(2)13-11-20)25(33)18-6-8-23(32)9-7-18/h3-9,14,16,20,26,32H,10-13,15H2,1-2H3. The van der Waals surface area contributed by atoms with E-state index in [4.69, 9.17) is 4.42 Å². The molecule has 34 heavy (non-hydrogen) atoms. The number of aryl methyl sites for hydroxylation is 1. The first-order valence-corrected chi connectivity index (χ1v) is 11.4. The largest absolute Gasteiger partial charge is 0.508 e. The Labute approximate surface area is 198 Å². The van der Waals surface area contributed by atoms with Crippen LogP contribution in [-0.4, -0.2) is 63.7 Å². The molecule has 2 aliphatic rings. The van der Waals surface area contributed by atoms with Crippen LogP contribution in [0.4, 0.5) is 5.69 Å². The Bertz CT molecular complexity index is 1200. The molecule has 0 radical (unpaired) electrons. The Morgan fingerprint density at radius 2 is 1.91 bits per heavy atom. The van der Waals surface area contributed by atoms with E-state index in [1.807, 2.05) is 40.4 Å². The van der Waals surface area contributed by atoms with Gasteiger partial charge >= 0.3 is 0 Å². The van der Waals surface area contributed by atoms with Crippen molar-refractivity contribution in [2.75, 3.05) is 31.7 Å². The van der Waals surface area contributed by atoms with E-state index in [1.54, 1.807) is 31.2 Å². The molecule has 0 bridgehead atoms. The minimum Gasteiger partial charge on any atom is -0.508 e. The first-order valence-electron chi connectivity index (χ1n) is 11.4. The molecule has 3 heterocycles. The maximum absolute atomic E-state index is 13.6. The summed E-state index contributed by atoms with van der Waals surface area (Å²) in [6, 6.07) is 14.4. The highest BCUT2D eigenvalue weighted by atomic mass is 16.4. The topological polar surface area (TPSA) is 98.0 Å². The molecule has 2 N–H and O–H groups in total. The molecule has 5 rings (SSSR count). The molecule has 1 aromatic heterocycles. The number of nitrogens with zero attached hydrogens (tertiary/aromatic N) is 5. The number of hydrogen-bond donors (Lipinski definition) is 2. The highest BCUT2D eigenvalue weighted by molar-refractivity contribution is 5.96. The van der Waals surface area contributed by atoms with Crippen LogP contribution >= 0.6 is 0 Å². The molecule has 3 aromatic rings. The van der Waals surface area contributed by atoms with Crippen molar-refractivity contribution < 1.29 is 14.3 Å². The molecule has 1 amide bonds. The lowest BCUT2D eigenvalue weighted by atomic mass is 10.0. The minimum absolute atomic E-state index is 0.0560. The first-order chi connectivity index (χ1) is 16.5. The van der Waals surface area contributed by atoms with Gasteiger partial charge in [-0.3, -0.25) is 9.80 Å². The van der Waals surface area contributed by atoms with Gasteiger partial charge in [0.2, 0.25) is 11.8 Å². The van der Waals surface area contributed by atoms with Gasteiger partial charge in [-0.25, -0.2) is 5.43 Å². The lowest BCUT2D eigenvalue weighted by Gasteiger charge is -2.37. The van der Waals surface area contributed by atoms with Crippen LogP contribution in [0, 0.1) is 6.92 Å². The summed E-state index contributed by atoms with van der Waals surface area (Å²) in [5.74, 6) is 1.08. The lowest BCUT2D eigenvalue weighted by molar-refractivity contribution is 0.0675. The number of nitrogens with one attached hydrogen (secondary N) is 1. The van der Waals surface area contributed by atoms with E-state index in [2.05, 4.69) is 27.6 Å². The fourth-order valence-electron chi connectivity index (χ4n) is 4.45. The number of aromatic nitrogens is 2. The number of phenolic OH excluding ortho intramolecular Hbond substituents is 1. The normalized spacial score (nSPS) is 17.1. The summed E-state index contributed by atoms with van der Waals surface area (Å²) >= 11 is 0. The van der Waals surface area contributed by atoms with Gasteiger partial charge in [-0.05, 0) is 75.4 Å². The number of piperidine rings is 1. The number of phenols is 1. The minimum atomic E-state index is -0.0560. The number of carbonyl (C=O) groups is 1. The summed E-state index contributed by atoms with van der Waals surface area (Å²) in [4.78, 5) is 17.8. The first kappa shape index (κ1) is 22.1. The Balaban J connectivity index is 1.44. The quantitative estimate of drug-likeness (QED) is 0.599. The Morgan fingerprint density at radius 3 is 2.62 bits per heavy atom. The zero-order valence-electron chi connectivity index (χ0n) is 19.3. The van der Waals surface area contributed by atoms with Gasteiger partial charge < -0.3 is 19.3 Å². The summed E-state index contributed by atoms with van der Waals surface area (Å²) < 4.78 is 5.57. The summed E-state index contributed by atoms with van der Waals surface area (Å²) in [6.45, 7) is 4.18. The number of anilines is 1. The second-order valence-electron chi connectivity index (χ2n) is 8.76. The van der Waals surface area contributed by atoms with Gasteiger partial charge in [0.15, 0.2) is 0 Å². The van der Waals surface area contributed by atoms with Crippen molar-refractivity contribution in [1.29, 1.82) is 0 Å². The van der Waals surface area contributed by atoms with Crippen LogP contribution in [0.3, 0.4) is 0 Å². The molecule has 9 nitrogen and oxygen atoms in total. The van der Waals surface area contributed by atoms with Crippen LogP contribution in [0.1, 0.15) is 29.1 Å². The number of likely N-dealkylation sites (tertiary alicyclic amines) is 1. The van der Waals surface area contributed by atoms with Gasteiger partial charge in [-0.15, -0.1) is 10.2 Å². The summed E-state index contributed by atoms with van der Waals surface area (Å²) in [7, 11) is 2.11. The number of benzene rings is 2. The van der Waals surface area contributed by atoms with Crippen LogP contribution in [0.5, 0.6) is 5.75 Å². The number of hydrazine groups is 1. The van der Waals surface area contributed by atoms with E-state index in [9.17, 15) is 9.90 Å². The molecular formula is C25H28N6O3. The van der Waals surface area contributed by atoms with Gasteiger partial charge in [-0.1, -0.05) is 6.07 Å². The highest BCUT2D eigenvalue weighted by Crippen LogP contribution is 2.29. The van der Waals surface area contributed by atoms with Crippen molar-refractivity contribution in [2.45, 2.75) is 25.8 Å². The Hall–Kier alpha value is -3.69. The van der Waals surface area contributed by atoms with Crippen LogP contribution in [0.25, 0.3) is 11.5 Å². The third kappa shape index (κ3) is 4.52. The summed E-state index contributed by atoms with van der Waals surface area (Å²) in [5, 5.41) is 19.6. The van der Waals surface area contributed by atoms with Crippen LogP contribution in [0.15, 0.2) is 64.8 Å². The van der Waals surface area contributed by atoms with E-state index in [0.717, 1.165) is 42.9 Å². The van der Waals surface area contributed by atoms with Crippen molar-refractivity contribution in [1.82, 2.24) is 25.4 Å². The van der Waals surface area contributed by atoms with Gasteiger partial charge in [0, 0.05) is 30.3 Å². The van der Waals surface area contributed by atoms with Gasteiger partial charge in [0.05, 0.1) is 17.9 Å². The number of amides is 1. The number of aromatic hydroxyl groups is 1. The fraction of sp³-hybridized carbons (Fsp3) is 0.320. The summed E-state index contributed by atoms with van der Waals surface area (Å²) in [5.41, 5.74) is 6.58. The lowest BCUT2D eigenvalue weighted by Crippen LogP contribution is -2.46. The monoisotopic (exact) mass is 460 g/mol. The average molecular weight is 461 g/mol. The van der Waals surface area contributed by atoms with Crippen LogP contribution < -0.4 is 10.4 Å². The molecule has 176 valence electrons. The molecule has 0 unspecified atom stereocenters. The average Bonchev–Trinajstić information content (AvgIpc) is 3.51. The van der Waals surface area contributed by atoms with E-state index < -0.39 is 0 Å². The van der Waals surface area contributed by atoms with Crippen molar-refractivity contribution >= 4 is 11.6 Å². The van der Waals surface area contributed by atoms with Crippen molar-refractivity contribution in [2.24, 2.45) is 0 Å². The zero-order chi connectivity index (χ0) is 23.7. The fourth-order valence-corrected chi connectivity index (χ4v) is 4.45. The number of rotatable bonds is 5. The van der Waals surface area contributed by atoms with Crippen LogP contribution in [-0.2, 0) is 0 Å². The van der Waals surface area contributed by atoms with E-state index >= 15 is 0 Å². The molecule has 2 aliphatic heterocycles. The SMILES string of the molecule is Cc1nnc(-c2cccc(N3C=C(N(C(=O)c4ccc(O)cc4)C4CCN(C)CC4)CN3)c2)o1. The van der Waals surface area contributed by atoms with Crippen molar-refractivity contribution in [3.05, 3.63) is 71.9 Å². The second-order valence-corrected chi connectivity index (χ2v) is 8.76. The number of carbonyl (C=O) groups excluding carboxylic acids is 1. The van der Waals surface area contributed by atoms with E-state index in [-0.39, 0.29) is 17.7 Å². The second kappa shape index (κ2) is 9.28. The van der Waals surface area contributed by atoms with E-state index in [0.29, 0.717) is 23.9 Å². The summed E-state index contributed by atoms with van der Waals surface area (Å²) in [6.07, 6.45) is 3.79. The molecule has 0 spiro atoms. The predicted octanol–water partition coefficient (Wildman–Crippen LogP) is 3.15. The molecule has 1 fully saturated rings. The van der Waals surface area contributed by atoms with Crippen molar-refractivity contribution in [3.63, 3.8) is 0 Å². The molecule has 0 saturated carbocycles. The smallest absolute Gasteiger partial charge is 0.258 e. The highest BCUT2D eigenvalue weighted by Gasteiger charge is 2.32. The molecule has 1 saturated heterocycles. The molecule has 0 atom stereocenters. The molecular weight excluding hydrogens is 432 g/mol. The van der Waals surface area contributed by atoms with Crippen molar-refractivity contribution in [3.8, 4) is 17.2 Å².